The number of carbonyl (C=O) groups is 1. The Labute approximate surface area is 222 Å². The van der Waals surface area contributed by atoms with Crippen molar-refractivity contribution in [1.82, 2.24) is 30.2 Å². The minimum absolute atomic E-state index is 0.102. The molecule has 2 aliphatic rings. The Bertz CT molecular complexity index is 1570. The van der Waals surface area contributed by atoms with Crippen LogP contribution in [0, 0.1) is 6.92 Å². The Kier molecular flexibility index (Phi) is 6.06. The zero-order valence-electron chi connectivity index (χ0n) is 21.3. The lowest BCUT2D eigenvalue weighted by atomic mass is 10.0. The molecule has 4 aromatic rings. The number of aryl methyl sites for hydroxylation is 1. The predicted molar refractivity (Wildman–Crippen MR) is 141 cm³/mol. The van der Waals surface area contributed by atoms with Crippen LogP contribution in [0.25, 0.3) is 22.3 Å². The third kappa shape index (κ3) is 4.50. The second-order valence-corrected chi connectivity index (χ2v) is 9.63. The van der Waals surface area contributed by atoms with Gasteiger partial charge in [-0.1, -0.05) is 0 Å². The molecule has 9 nitrogen and oxygen atoms in total. The number of anilines is 3. The number of hydrogen-bond acceptors (Lipinski definition) is 7. The van der Waals surface area contributed by atoms with E-state index in [1.165, 1.54) is 15.9 Å². The number of aromatic nitrogens is 4. The number of fused-ring (bicyclic) bond motifs is 3. The van der Waals surface area contributed by atoms with Crippen molar-refractivity contribution >= 4 is 34.1 Å². The lowest BCUT2D eigenvalue weighted by Crippen LogP contribution is -2.44. The van der Waals surface area contributed by atoms with Crippen molar-refractivity contribution in [2.75, 3.05) is 43.0 Å². The van der Waals surface area contributed by atoms with Gasteiger partial charge in [0.2, 0.25) is 0 Å². The van der Waals surface area contributed by atoms with Crippen LogP contribution in [0.15, 0.2) is 48.9 Å². The molecule has 0 radical (unpaired) electrons. The van der Waals surface area contributed by atoms with Gasteiger partial charge in [-0.15, -0.1) is 0 Å². The van der Waals surface area contributed by atoms with Gasteiger partial charge in [0.15, 0.2) is 0 Å². The van der Waals surface area contributed by atoms with Gasteiger partial charge in [-0.3, -0.25) is 9.88 Å². The van der Waals surface area contributed by atoms with Gasteiger partial charge in [-0.25, -0.2) is 19.7 Å². The van der Waals surface area contributed by atoms with Crippen molar-refractivity contribution in [3.63, 3.8) is 0 Å². The van der Waals surface area contributed by atoms with Crippen LogP contribution in [0.5, 0.6) is 0 Å². The van der Waals surface area contributed by atoms with E-state index in [9.17, 15) is 18.0 Å². The maximum absolute atomic E-state index is 14.4. The topological polar surface area (TPSA) is 90.4 Å². The molecule has 1 aromatic carbocycles. The molecule has 0 aliphatic carbocycles. The van der Waals surface area contributed by atoms with Crippen molar-refractivity contribution in [2.45, 2.75) is 19.6 Å². The highest BCUT2D eigenvalue weighted by Gasteiger charge is 2.38. The largest absolute Gasteiger partial charge is 0.418 e. The molecule has 6 rings (SSSR count). The monoisotopic (exact) mass is 534 g/mol. The molecule has 2 amide bonds. The third-order valence-electron chi connectivity index (χ3n) is 6.99. The van der Waals surface area contributed by atoms with Crippen molar-refractivity contribution in [3.05, 3.63) is 65.9 Å². The smallest absolute Gasteiger partial charge is 0.368 e. The lowest BCUT2D eigenvalue weighted by molar-refractivity contribution is -0.137. The van der Waals surface area contributed by atoms with Gasteiger partial charge in [-0.05, 0) is 37.3 Å². The van der Waals surface area contributed by atoms with E-state index in [1.807, 2.05) is 0 Å². The van der Waals surface area contributed by atoms with Gasteiger partial charge >= 0.3 is 12.2 Å². The van der Waals surface area contributed by atoms with Gasteiger partial charge in [0.1, 0.15) is 11.3 Å². The lowest BCUT2D eigenvalue weighted by Gasteiger charge is -2.36. The average Bonchev–Trinajstić information content (AvgIpc) is 2.93. The van der Waals surface area contributed by atoms with E-state index in [2.05, 4.69) is 20.3 Å². The molecule has 12 heteroatoms. The Morgan fingerprint density at radius 2 is 1.72 bits per heavy atom. The number of halogens is 3. The Morgan fingerprint density at radius 1 is 0.974 bits per heavy atom. The van der Waals surface area contributed by atoms with Crippen LogP contribution in [0.4, 0.5) is 35.0 Å². The molecule has 0 spiro atoms. The maximum Gasteiger partial charge on any atom is 0.418 e. The summed E-state index contributed by atoms with van der Waals surface area (Å²) in [5, 5.41) is 3.16. The van der Waals surface area contributed by atoms with Crippen LogP contribution in [0.2, 0.25) is 0 Å². The minimum atomic E-state index is -4.61. The van der Waals surface area contributed by atoms with E-state index in [1.54, 1.807) is 55.7 Å². The van der Waals surface area contributed by atoms with E-state index < -0.39 is 17.8 Å². The first-order valence-corrected chi connectivity index (χ1v) is 12.5. The molecule has 3 aromatic heterocycles. The SMILES string of the molecule is Cc1ncc(-c2ccc3ncc4c(c3n2)N(c2ccc(N3CCNCC3)c(C(F)(F)F)c2)C(=O)N(C)C4)cn1. The fourth-order valence-corrected chi connectivity index (χ4v) is 5.04. The summed E-state index contributed by atoms with van der Waals surface area (Å²) in [6, 6.07) is 7.17. The second-order valence-electron chi connectivity index (χ2n) is 9.63. The molecule has 2 aliphatic heterocycles. The number of benzene rings is 1. The van der Waals surface area contributed by atoms with Gasteiger partial charge in [0.25, 0.3) is 0 Å². The molecule has 5 heterocycles. The molecular weight excluding hydrogens is 509 g/mol. The summed E-state index contributed by atoms with van der Waals surface area (Å²) < 4.78 is 43.1. The van der Waals surface area contributed by atoms with Gasteiger partial charge in [-0.2, -0.15) is 13.2 Å². The number of piperazine rings is 1. The first-order chi connectivity index (χ1) is 18.7. The summed E-state index contributed by atoms with van der Waals surface area (Å²) in [5.74, 6) is 0.614. The zero-order valence-corrected chi connectivity index (χ0v) is 21.3. The van der Waals surface area contributed by atoms with Crippen LogP contribution in [-0.2, 0) is 12.7 Å². The summed E-state index contributed by atoms with van der Waals surface area (Å²) in [6.45, 7) is 4.14. The number of alkyl halides is 3. The van der Waals surface area contributed by atoms with Gasteiger partial charge < -0.3 is 15.1 Å². The number of hydrogen-bond donors (Lipinski definition) is 1. The number of urea groups is 1. The molecule has 200 valence electrons. The van der Waals surface area contributed by atoms with Crippen LogP contribution in [0.3, 0.4) is 0 Å². The van der Waals surface area contributed by atoms with E-state index in [0.29, 0.717) is 65.5 Å². The first kappa shape index (κ1) is 25.0. The van der Waals surface area contributed by atoms with E-state index in [4.69, 9.17) is 4.98 Å². The average molecular weight is 535 g/mol. The molecular formula is C27H25F3N8O. The van der Waals surface area contributed by atoms with E-state index in [-0.39, 0.29) is 17.9 Å². The zero-order chi connectivity index (χ0) is 27.3. The summed E-state index contributed by atoms with van der Waals surface area (Å²) in [5.41, 5.74) is 2.68. The number of rotatable bonds is 3. The molecule has 0 atom stereocenters. The highest BCUT2D eigenvalue weighted by Crippen LogP contribution is 2.43. The number of amides is 2. The standard InChI is InChI=1S/C27H25F3N8O/c1-16-32-12-17(13-33-16)21-4-5-22-24(35-21)25-18(14-34-22)15-36(2)26(39)38(25)19-3-6-23(20(11-19)27(28,29)30)37-9-7-31-8-10-37/h3-6,11-14,31H,7-10,15H2,1-2H3. The number of pyridine rings is 2. The molecule has 1 saturated heterocycles. The molecule has 0 bridgehead atoms. The normalized spacial score (nSPS) is 16.1. The van der Waals surface area contributed by atoms with Crippen LogP contribution < -0.4 is 15.1 Å². The summed E-state index contributed by atoms with van der Waals surface area (Å²) in [4.78, 5) is 35.8. The Hall–Kier alpha value is -4.32. The van der Waals surface area contributed by atoms with Gasteiger partial charge in [0.05, 0.1) is 34.7 Å². The number of carbonyl (C=O) groups excluding carboxylic acids is 1. The molecule has 0 saturated carbocycles. The molecule has 1 fully saturated rings. The number of nitrogens with zero attached hydrogens (tertiary/aromatic N) is 7. The fourth-order valence-electron chi connectivity index (χ4n) is 5.04. The van der Waals surface area contributed by atoms with E-state index >= 15 is 0 Å². The predicted octanol–water partition coefficient (Wildman–Crippen LogP) is 4.53. The summed E-state index contributed by atoms with van der Waals surface area (Å²) in [6.07, 6.45) is 0.339. The highest BCUT2D eigenvalue weighted by atomic mass is 19.4. The molecule has 0 unspecified atom stereocenters. The molecule has 39 heavy (non-hydrogen) atoms. The Balaban J connectivity index is 1.53. The fraction of sp³-hybridized carbons (Fsp3) is 0.296. The van der Waals surface area contributed by atoms with Crippen LogP contribution in [-0.4, -0.2) is 64.1 Å². The summed E-state index contributed by atoms with van der Waals surface area (Å²) >= 11 is 0. The van der Waals surface area contributed by atoms with Crippen molar-refractivity contribution in [2.24, 2.45) is 0 Å². The quantitative estimate of drug-likeness (QED) is 0.413. The maximum atomic E-state index is 14.4. The van der Waals surface area contributed by atoms with Crippen LogP contribution >= 0.6 is 0 Å². The first-order valence-electron chi connectivity index (χ1n) is 12.5. The second kappa shape index (κ2) is 9.45. The van der Waals surface area contributed by atoms with Crippen molar-refractivity contribution in [1.29, 1.82) is 0 Å². The van der Waals surface area contributed by atoms with Crippen LogP contribution in [0.1, 0.15) is 17.0 Å². The summed E-state index contributed by atoms with van der Waals surface area (Å²) in [7, 11) is 1.61. The third-order valence-corrected chi connectivity index (χ3v) is 6.99. The highest BCUT2D eigenvalue weighted by molar-refractivity contribution is 6.08. The van der Waals surface area contributed by atoms with E-state index in [0.717, 1.165) is 6.07 Å². The Morgan fingerprint density at radius 3 is 2.44 bits per heavy atom. The number of nitrogens with one attached hydrogen (secondary N) is 1. The van der Waals surface area contributed by atoms with Crippen molar-refractivity contribution < 1.29 is 18.0 Å². The van der Waals surface area contributed by atoms with Gasteiger partial charge in [0, 0.05) is 68.6 Å². The minimum Gasteiger partial charge on any atom is -0.368 e. The van der Waals surface area contributed by atoms with Crippen molar-refractivity contribution in [3.8, 4) is 11.3 Å². The molecule has 1 N–H and O–H groups in total.